The Hall–Kier alpha value is -1.87. The molecule has 31 heavy (non-hydrogen) atoms. The van der Waals surface area contributed by atoms with Crippen molar-refractivity contribution in [3.8, 4) is 12.3 Å². The van der Waals surface area contributed by atoms with E-state index >= 15 is 0 Å². The molecule has 7 heteroatoms. The zero-order valence-corrected chi connectivity index (χ0v) is 19.4. The molecule has 1 saturated carbocycles. The Labute approximate surface area is 193 Å². The van der Waals surface area contributed by atoms with Crippen LogP contribution in [0.25, 0.3) is 0 Å². The molecule has 1 aromatic rings. The van der Waals surface area contributed by atoms with E-state index in [2.05, 4.69) is 35.4 Å². The third kappa shape index (κ3) is 5.31. The molecule has 0 bridgehead atoms. The van der Waals surface area contributed by atoms with Gasteiger partial charge in [-0.25, -0.2) is 9.37 Å². The van der Waals surface area contributed by atoms with Crippen LogP contribution in [0.2, 0.25) is 5.15 Å². The summed E-state index contributed by atoms with van der Waals surface area (Å²) in [5, 5.41) is 6.83. The van der Waals surface area contributed by atoms with Gasteiger partial charge >= 0.3 is 0 Å². The summed E-state index contributed by atoms with van der Waals surface area (Å²) in [4.78, 5) is 17.2. The Morgan fingerprint density at radius 3 is 2.81 bits per heavy atom. The molecule has 2 N–H and O–H groups in total. The number of pyridine rings is 1. The van der Waals surface area contributed by atoms with E-state index < -0.39 is 11.7 Å². The number of allylic oxidation sites excluding steroid dienone is 3. The third-order valence-electron chi connectivity index (χ3n) is 6.64. The van der Waals surface area contributed by atoms with Crippen molar-refractivity contribution < 1.29 is 9.18 Å². The number of rotatable bonds is 5. The Kier molecular flexibility index (Phi) is 7.47. The molecule has 1 aromatic heterocycles. The van der Waals surface area contributed by atoms with Gasteiger partial charge in [-0.1, -0.05) is 43.0 Å². The molecule has 1 amide bonds. The molecule has 0 radical (unpaired) electrons. The molecule has 1 spiro atoms. The molecular weight excluding hydrogens is 436 g/mol. The molecule has 0 aromatic carbocycles. The maximum atomic E-state index is 14.8. The number of hydrogen-bond acceptors (Lipinski definition) is 3. The van der Waals surface area contributed by atoms with E-state index in [-0.39, 0.29) is 34.5 Å². The Bertz CT molecular complexity index is 925. The van der Waals surface area contributed by atoms with E-state index in [1.807, 2.05) is 0 Å². The van der Waals surface area contributed by atoms with Crippen LogP contribution in [-0.2, 0) is 4.79 Å². The maximum absolute atomic E-state index is 14.8. The fourth-order valence-electron chi connectivity index (χ4n) is 4.78. The lowest BCUT2D eigenvalue weighted by molar-refractivity contribution is -0.127. The van der Waals surface area contributed by atoms with E-state index in [4.69, 9.17) is 29.6 Å². The molecular formula is C24H28Cl2FN3O. The largest absolute Gasteiger partial charge is 0.352 e. The summed E-state index contributed by atoms with van der Waals surface area (Å²) in [7, 11) is 0. The van der Waals surface area contributed by atoms with Gasteiger partial charge in [0.15, 0.2) is 11.0 Å². The van der Waals surface area contributed by atoms with E-state index in [0.29, 0.717) is 17.1 Å². The minimum atomic E-state index is -0.552. The number of carbonyl (C=O) groups is 1. The fraction of sp³-hybridized carbons (Fsp3) is 0.500. The second-order valence-electron chi connectivity index (χ2n) is 9.12. The molecule has 2 fully saturated rings. The van der Waals surface area contributed by atoms with E-state index in [0.717, 1.165) is 25.7 Å². The van der Waals surface area contributed by atoms with Crippen LogP contribution in [0.3, 0.4) is 0 Å². The Balaban J connectivity index is 1.87. The first-order chi connectivity index (χ1) is 14.7. The summed E-state index contributed by atoms with van der Waals surface area (Å²) >= 11 is 12.0. The van der Waals surface area contributed by atoms with Gasteiger partial charge in [0, 0.05) is 35.8 Å². The SMILES string of the molecule is C#C/C=C\C(Cl)=C/CNC(=O)C1C(c2ccnc(Cl)c2F)CNC12CCC(C)(C)CC2. The first-order valence-electron chi connectivity index (χ1n) is 10.5. The molecule has 1 aliphatic heterocycles. The average molecular weight is 464 g/mol. The summed E-state index contributed by atoms with van der Waals surface area (Å²) in [6, 6.07) is 1.63. The zero-order valence-electron chi connectivity index (χ0n) is 17.9. The number of hydrogen-bond donors (Lipinski definition) is 2. The third-order valence-corrected chi connectivity index (χ3v) is 7.18. The maximum Gasteiger partial charge on any atom is 0.225 e. The highest BCUT2D eigenvalue weighted by Crippen LogP contribution is 2.50. The van der Waals surface area contributed by atoms with Gasteiger partial charge in [0.2, 0.25) is 5.91 Å². The molecule has 166 valence electrons. The fourth-order valence-corrected chi connectivity index (χ4v) is 5.09. The smallest absolute Gasteiger partial charge is 0.225 e. The van der Waals surface area contributed by atoms with Crippen molar-refractivity contribution in [1.82, 2.24) is 15.6 Å². The zero-order chi connectivity index (χ0) is 22.6. The van der Waals surface area contributed by atoms with Gasteiger partial charge < -0.3 is 10.6 Å². The highest BCUT2D eigenvalue weighted by molar-refractivity contribution is 6.31. The van der Waals surface area contributed by atoms with Crippen molar-refractivity contribution in [2.45, 2.75) is 51.0 Å². The monoisotopic (exact) mass is 463 g/mol. The number of nitrogens with one attached hydrogen (secondary N) is 2. The molecule has 4 nitrogen and oxygen atoms in total. The highest BCUT2D eigenvalue weighted by atomic mass is 35.5. The van der Waals surface area contributed by atoms with Crippen LogP contribution >= 0.6 is 23.2 Å². The van der Waals surface area contributed by atoms with E-state index in [9.17, 15) is 9.18 Å². The lowest BCUT2D eigenvalue weighted by Gasteiger charge is -2.45. The van der Waals surface area contributed by atoms with E-state index in [1.54, 1.807) is 18.2 Å². The Morgan fingerprint density at radius 1 is 1.42 bits per heavy atom. The topological polar surface area (TPSA) is 54.0 Å². The van der Waals surface area contributed by atoms with Crippen LogP contribution in [0.5, 0.6) is 0 Å². The molecule has 1 aliphatic carbocycles. The normalized spacial score (nSPS) is 25.0. The van der Waals surface area contributed by atoms with Crippen LogP contribution in [0.15, 0.2) is 35.5 Å². The van der Waals surface area contributed by atoms with Crippen LogP contribution in [0, 0.1) is 29.5 Å². The van der Waals surface area contributed by atoms with Gasteiger partial charge in [-0.05, 0) is 61.0 Å². The van der Waals surface area contributed by atoms with Crippen molar-refractivity contribution in [3.05, 3.63) is 52.1 Å². The predicted octanol–water partition coefficient (Wildman–Crippen LogP) is 4.94. The molecule has 2 unspecified atom stereocenters. The number of terminal acetylenes is 1. The minimum absolute atomic E-state index is 0.122. The van der Waals surface area contributed by atoms with Crippen molar-refractivity contribution in [1.29, 1.82) is 0 Å². The van der Waals surface area contributed by atoms with Gasteiger partial charge in [-0.2, -0.15) is 0 Å². The minimum Gasteiger partial charge on any atom is -0.352 e. The first-order valence-corrected chi connectivity index (χ1v) is 11.3. The lowest BCUT2D eigenvalue weighted by Crippen LogP contribution is -2.53. The van der Waals surface area contributed by atoms with Crippen LogP contribution < -0.4 is 10.6 Å². The van der Waals surface area contributed by atoms with Crippen molar-refractivity contribution in [3.63, 3.8) is 0 Å². The summed E-state index contributed by atoms with van der Waals surface area (Å²) in [6.45, 7) is 5.27. The summed E-state index contributed by atoms with van der Waals surface area (Å²) in [5.74, 6) is 0.939. The number of nitrogens with zero attached hydrogens (tertiary/aromatic N) is 1. The van der Waals surface area contributed by atoms with Gasteiger partial charge in [-0.3, -0.25) is 4.79 Å². The number of amides is 1. The first kappa shape index (κ1) is 23.8. The summed E-state index contributed by atoms with van der Waals surface area (Å²) < 4.78 is 14.8. The van der Waals surface area contributed by atoms with Crippen LogP contribution in [0.4, 0.5) is 4.39 Å². The van der Waals surface area contributed by atoms with Gasteiger partial charge in [0.05, 0.1) is 5.92 Å². The second kappa shape index (κ2) is 9.73. The van der Waals surface area contributed by atoms with Crippen molar-refractivity contribution >= 4 is 29.1 Å². The lowest BCUT2D eigenvalue weighted by atomic mass is 9.63. The predicted molar refractivity (Wildman–Crippen MR) is 123 cm³/mol. The van der Waals surface area contributed by atoms with Crippen molar-refractivity contribution in [2.75, 3.05) is 13.1 Å². The molecule has 2 heterocycles. The van der Waals surface area contributed by atoms with Crippen molar-refractivity contribution in [2.24, 2.45) is 11.3 Å². The Morgan fingerprint density at radius 2 is 2.13 bits per heavy atom. The van der Waals surface area contributed by atoms with Crippen LogP contribution in [-0.4, -0.2) is 29.5 Å². The number of halogens is 3. The molecule has 1 saturated heterocycles. The highest BCUT2D eigenvalue weighted by Gasteiger charge is 2.54. The summed E-state index contributed by atoms with van der Waals surface area (Å²) in [5.41, 5.74) is 0.292. The number of carbonyl (C=O) groups excluding carboxylic acids is 1. The van der Waals surface area contributed by atoms with Gasteiger partial charge in [0.25, 0.3) is 0 Å². The average Bonchev–Trinajstić information content (AvgIpc) is 3.10. The second-order valence-corrected chi connectivity index (χ2v) is 9.92. The van der Waals surface area contributed by atoms with Crippen LogP contribution in [0.1, 0.15) is 51.0 Å². The van der Waals surface area contributed by atoms with Gasteiger partial charge in [0.1, 0.15) is 0 Å². The molecule has 3 rings (SSSR count). The summed E-state index contributed by atoms with van der Waals surface area (Å²) in [6.07, 6.45) is 15.2. The standard InChI is InChI=1S/C24H28Cl2FN3O/c1-4-5-6-16(25)7-13-29-22(31)19-18(17-8-14-28-21(26)20(17)27)15-30-24(19)11-9-23(2,3)10-12-24/h1,5-8,14,18-19,30H,9-13,15H2,2-3H3,(H,29,31)/b6-5-,16-7+. The molecule has 2 atom stereocenters. The van der Waals surface area contributed by atoms with Gasteiger partial charge in [-0.15, -0.1) is 6.42 Å². The number of aromatic nitrogens is 1. The molecule has 2 aliphatic rings. The van der Waals surface area contributed by atoms with E-state index in [1.165, 1.54) is 12.3 Å². The quantitative estimate of drug-likeness (QED) is 0.369.